The van der Waals surface area contributed by atoms with Crippen molar-refractivity contribution in [2.45, 2.75) is 13.8 Å². The Labute approximate surface area is 101 Å². The van der Waals surface area contributed by atoms with Crippen LogP contribution >= 0.6 is 0 Å². The number of carboxylic acids is 1. The standard InChI is InChI=1S/C13H16N2O2/c1-10(2)8-15(9-13(16)17)12-5-3-11(7-14)4-6-12/h3-6,10H,8-9H2,1-2H3,(H,16,17). The molecule has 1 aromatic rings. The first kappa shape index (κ1) is 13.0. The van der Waals surface area contributed by atoms with Crippen LogP contribution in [0.5, 0.6) is 0 Å². The van der Waals surface area contributed by atoms with Gasteiger partial charge in [-0.25, -0.2) is 0 Å². The monoisotopic (exact) mass is 232 g/mol. The van der Waals surface area contributed by atoms with Gasteiger partial charge in [0.25, 0.3) is 0 Å². The summed E-state index contributed by atoms with van der Waals surface area (Å²) in [5.41, 5.74) is 1.41. The summed E-state index contributed by atoms with van der Waals surface area (Å²) in [6.07, 6.45) is 0. The van der Waals surface area contributed by atoms with E-state index in [4.69, 9.17) is 10.4 Å². The van der Waals surface area contributed by atoms with Crippen molar-refractivity contribution >= 4 is 11.7 Å². The van der Waals surface area contributed by atoms with E-state index in [1.54, 1.807) is 29.2 Å². The molecule has 0 fully saturated rings. The maximum atomic E-state index is 10.8. The maximum absolute atomic E-state index is 10.8. The third-order valence-corrected chi connectivity index (χ3v) is 2.27. The summed E-state index contributed by atoms with van der Waals surface area (Å²) in [4.78, 5) is 12.6. The molecule has 0 amide bonds. The number of carboxylic acid groups (broad SMARTS) is 1. The van der Waals surface area contributed by atoms with Gasteiger partial charge in [-0.05, 0) is 30.2 Å². The topological polar surface area (TPSA) is 64.3 Å². The number of hydrogen-bond acceptors (Lipinski definition) is 3. The summed E-state index contributed by atoms with van der Waals surface area (Å²) in [5, 5.41) is 17.6. The van der Waals surface area contributed by atoms with Gasteiger partial charge in [0.2, 0.25) is 0 Å². The molecule has 4 nitrogen and oxygen atoms in total. The second kappa shape index (κ2) is 5.90. The number of aliphatic carboxylic acids is 1. The van der Waals surface area contributed by atoms with Crippen molar-refractivity contribution in [1.29, 1.82) is 5.26 Å². The molecule has 1 aromatic carbocycles. The van der Waals surface area contributed by atoms with E-state index in [-0.39, 0.29) is 6.54 Å². The maximum Gasteiger partial charge on any atom is 0.323 e. The van der Waals surface area contributed by atoms with Crippen molar-refractivity contribution in [3.63, 3.8) is 0 Å². The Morgan fingerprint density at radius 2 is 2.00 bits per heavy atom. The second-order valence-corrected chi connectivity index (χ2v) is 4.33. The van der Waals surface area contributed by atoms with E-state index in [1.807, 2.05) is 19.9 Å². The fourth-order valence-corrected chi connectivity index (χ4v) is 1.61. The molecule has 0 saturated heterocycles. The molecular weight excluding hydrogens is 216 g/mol. The normalized spacial score (nSPS) is 10.0. The van der Waals surface area contributed by atoms with E-state index >= 15 is 0 Å². The highest BCUT2D eigenvalue weighted by Crippen LogP contribution is 2.16. The Balaban J connectivity index is 2.87. The number of carbonyl (C=O) groups is 1. The Hall–Kier alpha value is -2.02. The zero-order chi connectivity index (χ0) is 12.8. The lowest BCUT2D eigenvalue weighted by atomic mass is 10.1. The average Bonchev–Trinajstić information content (AvgIpc) is 2.27. The van der Waals surface area contributed by atoms with Crippen LogP contribution in [0.15, 0.2) is 24.3 Å². The molecule has 0 heterocycles. The van der Waals surface area contributed by atoms with Crippen LogP contribution in [-0.2, 0) is 4.79 Å². The predicted molar refractivity (Wildman–Crippen MR) is 65.8 cm³/mol. The first-order valence-electron chi connectivity index (χ1n) is 5.50. The number of rotatable bonds is 5. The number of nitrogens with zero attached hydrogens (tertiary/aromatic N) is 2. The lowest BCUT2D eigenvalue weighted by Gasteiger charge is -2.24. The summed E-state index contributed by atoms with van der Waals surface area (Å²) in [5.74, 6) is -0.472. The van der Waals surface area contributed by atoms with Gasteiger partial charge in [-0.1, -0.05) is 13.8 Å². The van der Waals surface area contributed by atoms with Crippen molar-refractivity contribution < 1.29 is 9.90 Å². The zero-order valence-corrected chi connectivity index (χ0v) is 10.1. The minimum atomic E-state index is -0.852. The van der Waals surface area contributed by atoms with Crippen LogP contribution in [0.4, 0.5) is 5.69 Å². The van der Waals surface area contributed by atoms with Gasteiger partial charge in [-0.15, -0.1) is 0 Å². The first-order valence-corrected chi connectivity index (χ1v) is 5.50. The smallest absolute Gasteiger partial charge is 0.323 e. The minimum absolute atomic E-state index is 0.0237. The van der Waals surface area contributed by atoms with E-state index in [2.05, 4.69) is 0 Å². The van der Waals surface area contributed by atoms with E-state index < -0.39 is 5.97 Å². The molecule has 0 aliphatic rings. The lowest BCUT2D eigenvalue weighted by Crippen LogP contribution is -2.32. The second-order valence-electron chi connectivity index (χ2n) is 4.33. The highest BCUT2D eigenvalue weighted by atomic mass is 16.4. The van der Waals surface area contributed by atoms with Crippen LogP contribution in [0.1, 0.15) is 19.4 Å². The lowest BCUT2D eigenvalue weighted by molar-refractivity contribution is -0.135. The van der Waals surface area contributed by atoms with Gasteiger partial charge in [0, 0.05) is 12.2 Å². The summed E-state index contributed by atoms with van der Waals surface area (Å²) >= 11 is 0. The summed E-state index contributed by atoms with van der Waals surface area (Å²) in [7, 11) is 0. The molecule has 1 rings (SSSR count). The van der Waals surface area contributed by atoms with Crippen molar-refractivity contribution in [1.82, 2.24) is 0 Å². The molecule has 1 N–H and O–H groups in total. The molecule has 0 atom stereocenters. The van der Waals surface area contributed by atoms with Crippen LogP contribution in [0.3, 0.4) is 0 Å². The van der Waals surface area contributed by atoms with Crippen LogP contribution in [-0.4, -0.2) is 24.2 Å². The Morgan fingerprint density at radius 1 is 1.41 bits per heavy atom. The van der Waals surface area contributed by atoms with Gasteiger partial charge in [0.1, 0.15) is 6.54 Å². The molecular formula is C13H16N2O2. The average molecular weight is 232 g/mol. The third-order valence-electron chi connectivity index (χ3n) is 2.27. The molecule has 4 heteroatoms. The van der Waals surface area contributed by atoms with Crippen molar-refractivity contribution in [3.8, 4) is 6.07 Å². The Bertz CT molecular complexity index is 418. The molecule has 0 bridgehead atoms. The number of hydrogen-bond donors (Lipinski definition) is 1. The van der Waals surface area contributed by atoms with Crippen molar-refractivity contribution in [2.24, 2.45) is 5.92 Å². The van der Waals surface area contributed by atoms with Gasteiger partial charge in [-0.2, -0.15) is 5.26 Å². The van der Waals surface area contributed by atoms with Crippen molar-refractivity contribution in [3.05, 3.63) is 29.8 Å². The highest BCUT2D eigenvalue weighted by Gasteiger charge is 2.12. The predicted octanol–water partition coefficient (Wildman–Crippen LogP) is 2.11. The summed E-state index contributed by atoms with van der Waals surface area (Å²) < 4.78 is 0. The third kappa shape index (κ3) is 4.15. The molecule has 0 spiro atoms. The molecule has 17 heavy (non-hydrogen) atoms. The van der Waals surface area contributed by atoms with Crippen LogP contribution < -0.4 is 4.90 Å². The van der Waals surface area contributed by atoms with Crippen LogP contribution in [0.25, 0.3) is 0 Å². The number of nitriles is 1. The highest BCUT2D eigenvalue weighted by molar-refractivity contribution is 5.73. The fourth-order valence-electron chi connectivity index (χ4n) is 1.61. The molecule has 0 aliphatic carbocycles. The Morgan fingerprint density at radius 3 is 2.41 bits per heavy atom. The van der Waals surface area contributed by atoms with Gasteiger partial charge >= 0.3 is 5.97 Å². The molecule has 90 valence electrons. The first-order chi connectivity index (χ1) is 8.02. The van der Waals surface area contributed by atoms with Gasteiger partial charge in [0.05, 0.1) is 11.6 Å². The molecule has 0 aliphatic heterocycles. The zero-order valence-electron chi connectivity index (χ0n) is 10.1. The fraction of sp³-hybridized carbons (Fsp3) is 0.385. The van der Waals surface area contributed by atoms with E-state index in [0.717, 1.165) is 5.69 Å². The molecule has 0 radical (unpaired) electrons. The van der Waals surface area contributed by atoms with E-state index in [0.29, 0.717) is 18.0 Å². The Kier molecular flexibility index (Phi) is 4.53. The van der Waals surface area contributed by atoms with Crippen LogP contribution in [0.2, 0.25) is 0 Å². The quantitative estimate of drug-likeness (QED) is 0.844. The largest absolute Gasteiger partial charge is 0.480 e. The minimum Gasteiger partial charge on any atom is -0.480 e. The van der Waals surface area contributed by atoms with Crippen molar-refractivity contribution in [2.75, 3.05) is 18.0 Å². The van der Waals surface area contributed by atoms with Gasteiger partial charge < -0.3 is 10.0 Å². The summed E-state index contributed by atoms with van der Waals surface area (Å²) in [6, 6.07) is 9.00. The number of anilines is 1. The SMILES string of the molecule is CC(C)CN(CC(=O)O)c1ccc(C#N)cc1. The molecule has 0 unspecified atom stereocenters. The molecule has 0 saturated carbocycles. The molecule has 0 aromatic heterocycles. The van der Waals surface area contributed by atoms with E-state index in [9.17, 15) is 4.79 Å². The van der Waals surface area contributed by atoms with Crippen LogP contribution in [0, 0.1) is 17.2 Å². The summed E-state index contributed by atoms with van der Waals surface area (Å²) in [6.45, 7) is 4.74. The van der Waals surface area contributed by atoms with Gasteiger partial charge in [0.15, 0.2) is 0 Å². The van der Waals surface area contributed by atoms with Gasteiger partial charge in [-0.3, -0.25) is 4.79 Å². The number of benzene rings is 1. The van der Waals surface area contributed by atoms with E-state index in [1.165, 1.54) is 0 Å².